The van der Waals surface area contributed by atoms with Crippen molar-refractivity contribution >= 4 is 11.6 Å². The summed E-state index contributed by atoms with van der Waals surface area (Å²) in [7, 11) is 0. The molecule has 0 aromatic heterocycles. The highest BCUT2D eigenvalue weighted by atomic mass is 35.5. The minimum Gasteiger partial charge on any atom is -0.457 e. The van der Waals surface area contributed by atoms with Gasteiger partial charge in [-0.05, 0) is 42.3 Å². The largest absolute Gasteiger partial charge is 0.457 e. The maximum atomic E-state index is 12.8. The van der Waals surface area contributed by atoms with Gasteiger partial charge in [-0.1, -0.05) is 18.2 Å². The van der Waals surface area contributed by atoms with E-state index in [9.17, 15) is 13.2 Å². The van der Waals surface area contributed by atoms with Gasteiger partial charge in [0.05, 0.1) is 5.56 Å². The Morgan fingerprint density at radius 2 is 1.60 bits per heavy atom. The maximum Gasteiger partial charge on any atom is 0.416 e. The van der Waals surface area contributed by atoms with Gasteiger partial charge in [-0.2, -0.15) is 13.2 Å². The summed E-state index contributed by atoms with van der Waals surface area (Å²) in [5.41, 5.74) is 0.397. The van der Waals surface area contributed by atoms with E-state index in [2.05, 4.69) is 0 Å². The van der Waals surface area contributed by atoms with E-state index in [1.807, 2.05) is 0 Å². The van der Waals surface area contributed by atoms with Crippen molar-refractivity contribution in [2.75, 3.05) is 0 Å². The van der Waals surface area contributed by atoms with Gasteiger partial charge in [0.2, 0.25) is 0 Å². The fraction of sp³-hybridized carbons (Fsp3) is 0.200. The van der Waals surface area contributed by atoms with Gasteiger partial charge in [-0.25, -0.2) is 0 Å². The van der Waals surface area contributed by atoms with Gasteiger partial charge in [-0.15, -0.1) is 11.6 Å². The zero-order valence-corrected chi connectivity index (χ0v) is 11.4. The number of halogens is 4. The van der Waals surface area contributed by atoms with E-state index in [0.717, 1.165) is 11.6 Å². The smallest absolute Gasteiger partial charge is 0.416 e. The van der Waals surface area contributed by atoms with Crippen molar-refractivity contribution in [2.45, 2.75) is 19.0 Å². The molecule has 20 heavy (non-hydrogen) atoms. The highest BCUT2D eigenvalue weighted by Gasteiger charge is 2.32. The Hall–Kier alpha value is -1.68. The summed E-state index contributed by atoms with van der Waals surface area (Å²) < 4.78 is 43.8. The molecule has 0 heterocycles. The van der Waals surface area contributed by atoms with Gasteiger partial charge in [0.15, 0.2) is 0 Å². The number of alkyl halides is 4. The quantitative estimate of drug-likeness (QED) is 0.676. The van der Waals surface area contributed by atoms with Gasteiger partial charge in [-0.3, -0.25) is 0 Å². The molecule has 5 heteroatoms. The number of hydrogen-bond acceptors (Lipinski definition) is 1. The van der Waals surface area contributed by atoms with Crippen LogP contribution in [0.25, 0.3) is 0 Å². The molecule has 1 nitrogen and oxygen atoms in total. The van der Waals surface area contributed by atoms with Crippen LogP contribution in [0.5, 0.6) is 11.5 Å². The average Bonchev–Trinajstić information content (AvgIpc) is 2.40. The zero-order chi connectivity index (χ0) is 14.8. The van der Waals surface area contributed by atoms with Crippen LogP contribution in [0.1, 0.15) is 16.7 Å². The predicted octanol–water partition coefficient (Wildman–Crippen LogP) is 5.54. The van der Waals surface area contributed by atoms with Crippen LogP contribution >= 0.6 is 11.6 Å². The fourth-order valence-corrected chi connectivity index (χ4v) is 1.93. The first-order valence-electron chi connectivity index (χ1n) is 5.91. The average molecular weight is 301 g/mol. The van der Waals surface area contributed by atoms with E-state index in [-0.39, 0.29) is 11.3 Å². The number of ether oxygens (including phenoxy) is 1. The Balaban J connectivity index is 2.25. The van der Waals surface area contributed by atoms with Crippen LogP contribution in [0.3, 0.4) is 0 Å². The Bertz CT molecular complexity index is 591. The number of benzene rings is 2. The molecule has 0 amide bonds. The highest BCUT2D eigenvalue weighted by molar-refractivity contribution is 6.17. The van der Waals surface area contributed by atoms with Crippen molar-refractivity contribution in [3.05, 3.63) is 59.2 Å². The molecule has 0 N–H and O–H groups in total. The van der Waals surface area contributed by atoms with Gasteiger partial charge >= 0.3 is 6.18 Å². The third-order valence-electron chi connectivity index (χ3n) is 2.83. The standard InChI is InChI=1S/C15H12ClF3O/c1-10-2-5-13(8-14(10)15(17,18)19)20-12-6-3-11(9-16)4-7-12/h2-8H,9H2,1H3. The van der Waals surface area contributed by atoms with E-state index in [4.69, 9.17) is 16.3 Å². The molecule has 0 saturated carbocycles. The van der Waals surface area contributed by atoms with Crippen molar-refractivity contribution < 1.29 is 17.9 Å². The normalized spacial score (nSPS) is 11.4. The fourth-order valence-electron chi connectivity index (χ4n) is 1.75. The highest BCUT2D eigenvalue weighted by Crippen LogP contribution is 2.35. The monoisotopic (exact) mass is 300 g/mol. The Morgan fingerprint density at radius 1 is 1.00 bits per heavy atom. The number of hydrogen-bond donors (Lipinski definition) is 0. The minimum absolute atomic E-state index is 0.154. The molecule has 2 aromatic rings. The van der Waals surface area contributed by atoms with Crippen LogP contribution in [0.15, 0.2) is 42.5 Å². The molecule has 106 valence electrons. The van der Waals surface area contributed by atoms with Gasteiger partial charge in [0.1, 0.15) is 11.5 Å². The van der Waals surface area contributed by atoms with E-state index < -0.39 is 11.7 Å². The lowest BCUT2D eigenvalue weighted by Gasteiger charge is -2.12. The number of rotatable bonds is 3. The molecule has 0 aliphatic heterocycles. The van der Waals surface area contributed by atoms with Crippen LogP contribution in [0.2, 0.25) is 0 Å². The third-order valence-corrected chi connectivity index (χ3v) is 3.14. The Kier molecular flexibility index (Phi) is 4.23. The Labute approximate surface area is 119 Å². The Morgan fingerprint density at radius 3 is 2.15 bits per heavy atom. The number of aryl methyl sites for hydroxylation is 1. The molecule has 0 saturated heterocycles. The summed E-state index contributed by atoms with van der Waals surface area (Å²) in [6.45, 7) is 1.42. The second kappa shape index (κ2) is 5.75. The molecule has 0 aliphatic carbocycles. The molecule has 0 fully saturated rings. The van der Waals surface area contributed by atoms with Crippen LogP contribution in [0, 0.1) is 6.92 Å². The van der Waals surface area contributed by atoms with E-state index in [1.165, 1.54) is 19.1 Å². The lowest BCUT2D eigenvalue weighted by molar-refractivity contribution is -0.138. The SMILES string of the molecule is Cc1ccc(Oc2ccc(CCl)cc2)cc1C(F)(F)F. The third kappa shape index (κ3) is 3.45. The first kappa shape index (κ1) is 14.7. The second-order valence-corrected chi connectivity index (χ2v) is 4.62. The molecular formula is C15H12ClF3O. The summed E-state index contributed by atoms with van der Waals surface area (Å²) in [6.07, 6.45) is -4.38. The van der Waals surface area contributed by atoms with Gasteiger partial charge in [0, 0.05) is 5.88 Å². The molecule has 2 aromatic carbocycles. The summed E-state index contributed by atoms with van der Waals surface area (Å²) in [5, 5.41) is 0. The summed E-state index contributed by atoms with van der Waals surface area (Å²) in [5.74, 6) is 1.00. The van der Waals surface area contributed by atoms with Crippen molar-refractivity contribution in [2.24, 2.45) is 0 Å². The topological polar surface area (TPSA) is 9.23 Å². The maximum absolute atomic E-state index is 12.8. The van der Waals surface area contributed by atoms with E-state index in [1.54, 1.807) is 24.3 Å². The molecular weight excluding hydrogens is 289 g/mol. The predicted molar refractivity (Wildman–Crippen MR) is 72.3 cm³/mol. The molecule has 0 spiro atoms. The second-order valence-electron chi connectivity index (χ2n) is 4.35. The van der Waals surface area contributed by atoms with Crippen molar-refractivity contribution in [3.63, 3.8) is 0 Å². The van der Waals surface area contributed by atoms with Crippen molar-refractivity contribution in [1.82, 2.24) is 0 Å². The van der Waals surface area contributed by atoms with Crippen LogP contribution in [-0.4, -0.2) is 0 Å². The summed E-state index contributed by atoms with van der Waals surface area (Å²) in [6, 6.07) is 10.8. The van der Waals surface area contributed by atoms with Crippen molar-refractivity contribution in [3.8, 4) is 11.5 Å². The summed E-state index contributed by atoms with van der Waals surface area (Å²) in [4.78, 5) is 0. The molecule has 0 radical (unpaired) electrons. The first-order chi connectivity index (χ1) is 9.40. The lowest BCUT2D eigenvalue weighted by Crippen LogP contribution is -2.07. The first-order valence-corrected chi connectivity index (χ1v) is 6.44. The van der Waals surface area contributed by atoms with Crippen LogP contribution in [0.4, 0.5) is 13.2 Å². The zero-order valence-electron chi connectivity index (χ0n) is 10.7. The molecule has 0 unspecified atom stereocenters. The van der Waals surface area contributed by atoms with Crippen LogP contribution in [-0.2, 0) is 12.1 Å². The minimum atomic E-state index is -4.38. The van der Waals surface area contributed by atoms with E-state index in [0.29, 0.717) is 11.6 Å². The van der Waals surface area contributed by atoms with Crippen molar-refractivity contribution in [1.29, 1.82) is 0 Å². The van der Waals surface area contributed by atoms with Gasteiger partial charge < -0.3 is 4.74 Å². The molecule has 2 rings (SSSR count). The molecule has 0 aliphatic rings. The molecule has 0 atom stereocenters. The van der Waals surface area contributed by atoms with E-state index >= 15 is 0 Å². The van der Waals surface area contributed by atoms with Crippen LogP contribution < -0.4 is 4.74 Å². The summed E-state index contributed by atoms with van der Waals surface area (Å²) >= 11 is 5.66. The molecule has 0 bridgehead atoms. The van der Waals surface area contributed by atoms with Gasteiger partial charge in [0.25, 0.3) is 0 Å². The lowest BCUT2D eigenvalue weighted by atomic mass is 10.1.